The Morgan fingerprint density at radius 1 is 1.39 bits per heavy atom. The molecule has 1 aromatic rings. The van der Waals surface area contributed by atoms with Crippen molar-refractivity contribution in [3.8, 4) is 0 Å². The molecule has 1 aromatic carbocycles. The monoisotopic (exact) mass is 266 g/mol. The topological polar surface area (TPSA) is 46.3 Å². The SMILES string of the molecule is CCC(N)CC(=O)N(C)Cc1ccc(SC)cc1. The fraction of sp³-hybridized carbons (Fsp3) is 0.500. The molecule has 4 heteroatoms. The molecular weight excluding hydrogens is 244 g/mol. The number of carbonyl (C=O) groups excluding carboxylic acids is 1. The molecule has 1 amide bonds. The van der Waals surface area contributed by atoms with Crippen molar-refractivity contribution in [1.82, 2.24) is 4.90 Å². The number of thioether (sulfide) groups is 1. The van der Waals surface area contributed by atoms with Gasteiger partial charge >= 0.3 is 0 Å². The first-order valence-corrected chi connectivity index (χ1v) is 7.41. The van der Waals surface area contributed by atoms with Crippen LogP contribution in [0, 0.1) is 0 Å². The maximum absolute atomic E-state index is 11.9. The summed E-state index contributed by atoms with van der Waals surface area (Å²) in [5, 5.41) is 0. The average molecular weight is 266 g/mol. The molecule has 18 heavy (non-hydrogen) atoms. The lowest BCUT2D eigenvalue weighted by Gasteiger charge is -2.19. The van der Waals surface area contributed by atoms with Gasteiger partial charge in [0.1, 0.15) is 0 Å². The summed E-state index contributed by atoms with van der Waals surface area (Å²) < 4.78 is 0. The van der Waals surface area contributed by atoms with Crippen LogP contribution in [0.15, 0.2) is 29.2 Å². The molecule has 1 unspecified atom stereocenters. The van der Waals surface area contributed by atoms with Crippen LogP contribution in [-0.4, -0.2) is 30.2 Å². The van der Waals surface area contributed by atoms with E-state index in [1.807, 2.05) is 14.0 Å². The zero-order chi connectivity index (χ0) is 13.5. The molecule has 0 aliphatic heterocycles. The van der Waals surface area contributed by atoms with Crippen molar-refractivity contribution in [3.05, 3.63) is 29.8 Å². The van der Waals surface area contributed by atoms with Crippen LogP contribution < -0.4 is 5.73 Å². The molecular formula is C14H22N2OS. The molecule has 0 saturated heterocycles. The zero-order valence-electron chi connectivity index (χ0n) is 11.3. The Morgan fingerprint density at radius 3 is 2.50 bits per heavy atom. The lowest BCUT2D eigenvalue weighted by molar-refractivity contribution is -0.130. The van der Waals surface area contributed by atoms with E-state index in [1.54, 1.807) is 16.7 Å². The van der Waals surface area contributed by atoms with Gasteiger partial charge in [-0.3, -0.25) is 4.79 Å². The second-order valence-electron chi connectivity index (χ2n) is 4.47. The average Bonchev–Trinajstić information content (AvgIpc) is 2.39. The van der Waals surface area contributed by atoms with Gasteiger partial charge in [-0.05, 0) is 30.4 Å². The quantitative estimate of drug-likeness (QED) is 0.805. The summed E-state index contributed by atoms with van der Waals surface area (Å²) >= 11 is 1.72. The molecule has 0 saturated carbocycles. The molecule has 2 N–H and O–H groups in total. The highest BCUT2D eigenvalue weighted by Crippen LogP contribution is 2.15. The van der Waals surface area contributed by atoms with Gasteiger partial charge in [0.25, 0.3) is 0 Å². The molecule has 1 rings (SSSR count). The minimum atomic E-state index is -0.0289. The van der Waals surface area contributed by atoms with Crippen LogP contribution >= 0.6 is 11.8 Å². The van der Waals surface area contributed by atoms with Crippen molar-refractivity contribution in [2.75, 3.05) is 13.3 Å². The first-order valence-electron chi connectivity index (χ1n) is 6.19. The molecule has 0 heterocycles. The Hall–Kier alpha value is -1.00. The van der Waals surface area contributed by atoms with Gasteiger partial charge in [-0.1, -0.05) is 19.1 Å². The Bertz CT molecular complexity index is 378. The molecule has 3 nitrogen and oxygen atoms in total. The molecule has 100 valence electrons. The van der Waals surface area contributed by atoms with Gasteiger partial charge in [-0.15, -0.1) is 11.8 Å². The molecule has 0 aromatic heterocycles. The van der Waals surface area contributed by atoms with Crippen LogP contribution in [0.25, 0.3) is 0 Å². The van der Waals surface area contributed by atoms with E-state index < -0.39 is 0 Å². The summed E-state index contributed by atoms with van der Waals surface area (Å²) in [5.41, 5.74) is 6.94. The van der Waals surface area contributed by atoms with Crippen molar-refractivity contribution in [1.29, 1.82) is 0 Å². The van der Waals surface area contributed by atoms with E-state index in [9.17, 15) is 4.79 Å². The standard InChI is InChI=1S/C14H22N2OS/c1-4-12(15)9-14(17)16(2)10-11-5-7-13(18-3)8-6-11/h5-8,12H,4,9-10,15H2,1-3H3. The van der Waals surface area contributed by atoms with Crippen LogP contribution in [0.4, 0.5) is 0 Å². The summed E-state index contributed by atoms with van der Waals surface area (Å²) in [7, 11) is 1.83. The second kappa shape index (κ2) is 7.44. The third-order valence-electron chi connectivity index (χ3n) is 2.97. The number of benzene rings is 1. The predicted molar refractivity (Wildman–Crippen MR) is 77.6 cm³/mol. The largest absolute Gasteiger partial charge is 0.341 e. The van der Waals surface area contributed by atoms with Crippen LogP contribution in [0.2, 0.25) is 0 Å². The highest BCUT2D eigenvalue weighted by atomic mass is 32.2. The molecule has 0 radical (unpaired) electrons. The maximum atomic E-state index is 11.9. The number of rotatable bonds is 6. The Labute approximate surface area is 114 Å². The molecule has 0 spiro atoms. The van der Waals surface area contributed by atoms with Crippen LogP contribution in [0.1, 0.15) is 25.3 Å². The summed E-state index contributed by atoms with van der Waals surface area (Å²) in [6, 6.07) is 8.26. The number of hydrogen-bond acceptors (Lipinski definition) is 3. The maximum Gasteiger partial charge on any atom is 0.224 e. The van der Waals surface area contributed by atoms with Gasteiger partial charge in [-0.2, -0.15) is 0 Å². The third-order valence-corrected chi connectivity index (χ3v) is 3.71. The molecule has 0 bridgehead atoms. The molecule has 0 aliphatic rings. The first-order chi connectivity index (χ1) is 8.56. The fourth-order valence-corrected chi connectivity index (χ4v) is 2.03. The van der Waals surface area contributed by atoms with Gasteiger partial charge in [0.15, 0.2) is 0 Å². The number of hydrogen-bond donors (Lipinski definition) is 1. The number of nitrogens with two attached hydrogens (primary N) is 1. The minimum absolute atomic E-state index is 0.0289. The normalized spacial score (nSPS) is 12.2. The van der Waals surface area contributed by atoms with Gasteiger partial charge in [0.2, 0.25) is 5.91 Å². The van der Waals surface area contributed by atoms with E-state index in [-0.39, 0.29) is 11.9 Å². The smallest absolute Gasteiger partial charge is 0.224 e. The van der Waals surface area contributed by atoms with E-state index in [0.29, 0.717) is 13.0 Å². The highest BCUT2D eigenvalue weighted by Gasteiger charge is 2.12. The van der Waals surface area contributed by atoms with Gasteiger partial charge in [0, 0.05) is 31.0 Å². The summed E-state index contributed by atoms with van der Waals surface area (Å²) in [6.07, 6.45) is 3.31. The summed E-state index contributed by atoms with van der Waals surface area (Å²) in [5.74, 6) is 0.110. The van der Waals surface area contributed by atoms with Crippen molar-refractivity contribution < 1.29 is 4.79 Å². The lowest BCUT2D eigenvalue weighted by atomic mass is 10.1. The number of amides is 1. The fourth-order valence-electron chi connectivity index (χ4n) is 1.62. The summed E-state index contributed by atoms with van der Waals surface area (Å²) in [6.45, 7) is 2.64. The Balaban J connectivity index is 2.52. The van der Waals surface area contributed by atoms with E-state index in [4.69, 9.17) is 5.73 Å². The van der Waals surface area contributed by atoms with Crippen LogP contribution in [0.5, 0.6) is 0 Å². The van der Waals surface area contributed by atoms with E-state index in [1.165, 1.54) is 4.90 Å². The van der Waals surface area contributed by atoms with Crippen molar-refractivity contribution >= 4 is 17.7 Å². The zero-order valence-corrected chi connectivity index (χ0v) is 12.2. The van der Waals surface area contributed by atoms with Gasteiger partial charge in [0.05, 0.1) is 0 Å². The third kappa shape index (κ3) is 4.70. The molecule has 0 fully saturated rings. The first kappa shape index (κ1) is 15.1. The van der Waals surface area contributed by atoms with Crippen LogP contribution in [-0.2, 0) is 11.3 Å². The minimum Gasteiger partial charge on any atom is -0.341 e. The van der Waals surface area contributed by atoms with E-state index in [2.05, 4.69) is 30.5 Å². The van der Waals surface area contributed by atoms with Gasteiger partial charge < -0.3 is 10.6 Å². The molecule has 1 atom stereocenters. The summed E-state index contributed by atoms with van der Waals surface area (Å²) in [4.78, 5) is 14.9. The van der Waals surface area contributed by atoms with E-state index >= 15 is 0 Å². The van der Waals surface area contributed by atoms with Crippen molar-refractivity contribution in [2.24, 2.45) is 5.73 Å². The van der Waals surface area contributed by atoms with Crippen molar-refractivity contribution in [3.63, 3.8) is 0 Å². The predicted octanol–water partition coefficient (Wildman–Crippen LogP) is 2.49. The van der Waals surface area contributed by atoms with Crippen molar-refractivity contribution in [2.45, 2.75) is 37.2 Å². The van der Waals surface area contributed by atoms with Crippen LogP contribution in [0.3, 0.4) is 0 Å². The lowest BCUT2D eigenvalue weighted by Crippen LogP contribution is -2.32. The molecule has 0 aliphatic carbocycles. The van der Waals surface area contributed by atoms with Gasteiger partial charge in [-0.25, -0.2) is 0 Å². The Morgan fingerprint density at radius 2 is 2.00 bits per heavy atom. The Kier molecular flexibility index (Phi) is 6.22. The highest BCUT2D eigenvalue weighted by molar-refractivity contribution is 7.98. The number of carbonyl (C=O) groups is 1. The van der Waals surface area contributed by atoms with E-state index in [0.717, 1.165) is 12.0 Å². The second-order valence-corrected chi connectivity index (χ2v) is 5.35. The number of nitrogens with zero attached hydrogens (tertiary/aromatic N) is 1.